The second kappa shape index (κ2) is 6.18. The number of fused-ring (bicyclic) bond motifs is 4. The van der Waals surface area contributed by atoms with Gasteiger partial charge < -0.3 is 4.74 Å². The number of hydrogen-bond acceptors (Lipinski definition) is 5. The Balaban J connectivity index is 1.82. The Labute approximate surface area is 150 Å². The predicted octanol–water partition coefficient (Wildman–Crippen LogP) is 4.05. The summed E-state index contributed by atoms with van der Waals surface area (Å²) in [6, 6.07) is 2.11. The van der Waals surface area contributed by atoms with Crippen molar-refractivity contribution in [3.05, 3.63) is 34.0 Å². The van der Waals surface area contributed by atoms with Crippen molar-refractivity contribution in [2.45, 2.75) is 65.2 Å². The first kappa shape index (κ1) is 16.7. The smallest absolute Gasteiger partial charge is 0.271 e. The Morgan fingerprint density at radius 2 is 2.20 bits per heavy atom. The maximum Gasteiger partial charge on any atom is 0.271 e. The zero-order valence-corrected chi connectivity index (χ0v) is 15.8. The molecule has 0 saturated heterocycles. The molecule has 4 rings (SSSR count). The summed E-state index contributed by atoms with van der Waals surface area (Å²) in [7, 11) is 0. The van der Waals surface area contributed by atoms with Crippen molar-refractivity contribution in [2.75, 3.05) is 0 Å². The fraction of sp³-hybridized carbons (Fsp3) is 0.526. The highest BCUT2D eigenvalue weighted by Gasteiger charge is 2.28. The van der Waals surface area contributed by atoms with E-state index in [2.05, 4.69) is 31.8 Å². The lowest BCUT2D eigenvalue weighted by Gasteiger charge is -2.30. The number of aromatic nitrogens is 3. The van der Waals surface area contributed by atoms with E-state index in [9.17, 15) is 4.79 Å². The van der Waals surface area contributed by atoms with E-state index in [1.165, 1.54) is 11.3 Å². The zero-order chi connectivity index (χ0) is 17.6. The minimum Gasteiger partial charge on any atom is -0.370 e. The number of hydrogen-bond donors (Lipinski definition) is 0. The number of aryl methyl sites for hydroxylation is 1. The predicted molar refractivity (Wildman–Crippen MR) is 101 cm³/mol. The van der Waals surface area contributed by atoms with Crippen molar-refractivity contribution in [3.63, 3.8) is 0 Å². The minimum absolute atomic E-state index is 0.0543. The van der Waals surface area contributed by atoms with Crippen LogP contribution in [0.4, 0.5) is 0 Å². The monoisotopic (exact) mass is 357 g/mol. The lowest BCUT2D eigenvalue weighted by atomic mass is 9.95. The minimum atomic E-state index is -0.186. The van der Waals surface area contributed by atoms with Gasteiger partial charge in [0, 0.05) is 23.9 Å². The van der Waals surface area contributed by atoms with Crippen LogP contribution in [0.3, 0.4) is 0 Å². The van der Waals surface area contributed by atoms with Gasteiger partial charge in [0.15, 0.2) is 0 Å². The van der Waals surface area contributed by atoms with Crippen molar-refractivity contribution in [1.29, 1.82) is 0 Å². The third kappa shape index (κ3) is 2.98. The first-order valence-corrected chi connectivity index (χ1v) is 9.74. The van der Waals surface area contributed by atoms with Crippen LogP contribution in [-0.2, 0) is 24.3 Å². The number of pyridine rings is 1. The van der Waals surface area contributed by atoms with Crippen LogP contribution in [0.15, 0.2) is 17.2 Å². The highest BCUT2D eigenvalue weighted by Crippen LogP contribution is 2.34. The lowest BCUT2D eigenvalue weighted by molar-refractivity contribution is -0.0411. The van der Waals surface area contributed by atoms with E-state index in [-0.39, 0.29) is 11.2 Å². The maximum absolute atomic E-state index is 12.8. The second-order valence-corrected chi connectivity index (χ2v) is 8.40. The SMILES string of the molecule is CCCCCn1cnc2c(sc3nc4c(cc32)COC(C)(C)C4)c1=O. The fourth-order valence-corrected chi connectivity index (χ4v) is 4.45. The van der Waals surface area contributed by atoms with Gasteiger partial charge in [0.25, 0.3) is 5.56 Å². The van der Waals surface area contributed by atoms with Gasteiger partial charge in [-0.25, -0.2) is 9.97 Å². The molecule has 0 fully saturated rings. The summed E-state index contributed by atoms with van der Waals surface area (Å²) in [4.78, 5) is 23.1. The number of thiophene rings is 1. The third-order valence-electron chi connectivity index (χ3n) is 4.82. The average molecular weight is 357 g/mol. The standard InChI is InChI=1S/C19H23N3O2S/c1-4-5-6-7-22-11-20-15-13-8-12-10-24-19(2,3)9-14(12)21-17(13)25-16(15)18(22)23/h8,11H,4-7,9-10H2,1-3H3. The molecular formula is C19H23N3O2S. The van der Waals surface area contributed by atoms with Crippen molar-refractivity contribution in [2.24, 2.45) is 0 Å². The van der Waals surface area contributed by atoms with Gasteiger partial charge in [0.05, 0.1) is 29.7 Å². The molecule has 0 unspecified atom stereocenters. The van der Waals surface area contributed by atoms with E-state index in [4.69, 9.17) is 9.72 Å². The topological polar surface area (TPSA) is 57.0 Å². The average Bonchev–Trinajstić information content (AvgIpc) is 2.93. The third-order valence-corrected chi connectivity index (χ3v) is 5.90. The van der Waals surface area contributed by atoms with E-state index < -0.39 is 0 Å². The molecule has 0 radical (unpaired) electrons. The van der Waals surface area contributed by atoms with Gasteiger partial charge in [-0.05, 0) is 26.3 Å². The molecule has 132 valence electrons. The zero-order valence-electron chi connectivity index (χ0n) is 15.0. The van der Waals surface area contributed by atoms with Crippen molar-refractivity contribution >= 4 is 31.8 Å². The molecule has 3 aromatic rings. The van der Waals surface area contributed by atoms with Crippen LogP contribution in [0, 0.1) is 0 Å². The van der Waals surface area contributed by atoms with Crippen LogP contribution in [0.25, 0.3) is 20.4 Å². The lowest BCUT2D eigenvalue weighted by Crippen LogP contribution is -2.32. The molecule has 1 aliphatic rings. The molecule has 1 aliphatic heterocycles. The molecular weight excluding hydrogens is 334 g/mol. The number of rotatable bonds is 4. The van der Waals surface area contributed by atoms with Crippen molar-refractivity contribution < 1.29 is 4.74 Å². The fourth-order valence-electron chi connectivity index (χ4n) is 3.37. The molecule has 3 aromatic heterocycles. The van der Waals surface area contributed by atoms with E-state index >= 15 is 0 Å². The Kier molecular flexibility index (Phi) is 4.12. The molecule has 4 heterocycles. The van der Waals surface area contributed by atoms with E-state index in [1.54, 1.807) is 10.9 Å². The van der Waals surface area contributed by atoms with E-state index in [1.807, 2.05) is 0 Å². The summed E-state index contributed by atoms with van der Waals surface area (Å²) in [5, 5.41) is 0.972. The molecule has 5 nitrogen and oxygen atoms in total. The molecule has 0 saturated carbocycles. The molecule has 0 aromatic carbocycles. The maximum atomic E-state index is 12.8. The van der Waals surface area contributed by atoms with Crippen LogP contribution in [0.5, 0.6) is 0 Å². The molecule has 0 atom stereocenters. The molecule has 25 heavy (non-hydrogen) atoms. The first-order valence-electron chi connectivity index (χ1n) is 8.93. The molecule has 0 N–H and O–H groups in total. The normalized spacial score (nSPS) is 16.4. The number of ether oxygens (including phenoxy) is 1. The summed E-state index contributed by atoms with van der Waals surface area (Å²) in [5.41, 5.74) is 2.84. The first-order chi connectivity index (χ1) is 12.0. The van der Waals surface area contributed by atoms with E-state index in [0.717, 1.165) is 59.2 Å². The van der Waals surface area contributed by atoms with Crippen LogP contribution in [-0.4, -0.2) is 20.1 Å². The van der Waals surface area contributed by atoms with Crippen molar-refractivity contribution in [1.82, 2.24) is 14.5 Å². The summed E-state index contributed by atoms with van der Waals surface area (Å²) >= 11 is 1.47. The van der Waals surface area contributed by atoms with Crippen LogP contribution >= 0.6 is 11.3 Å². The Hall–Kier alpha value is -1.79. The van der Waals surface area contributed by atoms with Gasteiger partial charge in [-0.1, -0.05) is 19.8 Å². The summed E-state index contributed by atoms with van der Waals surface area (Å²) in [6.07, 6.45) is 5.75. The van der Waals surface area contributed by atoms with Crippen LogP contribution in [0.1, 0.15) is 51.3 Å². The second-order valence-electron chi connectivity index (χ2n) is 7.40. The Morgan fingerprint density at radius 1 is 1.36 bits per heavy atom. The number of nitrogens with zero attached hydrogens (tertiary/aromatic N) is 3. The summed E-state index contributed by atoms with van der Waals surface area (Å²) < 4.78 is 8.35. The molecule has 0 bridgehead atoms. The quantitative estimate of drug-likeness (QED) is 0.661. The molecule has 0 amide bonds. The molecule has 0 spiro atoms. The highest BCUT2D eigenvalue weighted by atomic mass is 32.1. The van der Waals surface area contributed by atoms with Gasteiger partial charge in [0.1, 0.15) is 9.53 Å². The van der Waals surface area contributed by atoms with Crippen LogP contribution < -0.4 is 5.56 Å². The van der Waals surface area contributed by atoms with Gasteiger partial charge in [0.2, 0.25) is 0 Å². The largest absolute Gasteiger partial charge is 0.370 e. The Bertz CT molecular complexity index is 1000. The molecule has 0 aliphatic carbocycles. The highest BCUT2D eigenvalue weighted by molar-refractivity contribution is 7.25. The summed E-state index contributed by atoms with van der Waals surface area (Å²) in [5.74, 6) is 0. The molecule has 6 heteroatoms. The van der Waals surface area contributed by atoms with Gasteiger partial charge in [-0.3, -0.25) is 9.36 Å². The van der Waals surface area contributed by atoms with E-state index in [0.29, 0.717) is 11.3 Å². The van der Waals surface area contributed by atoms with Gasteiger partial charge >= 0.3 is 0 Å². The van der Waals surface area contributed by atoms with Gasteiger partial charge in [-0.15, -0.1) is 11.3 Å². The summed E-state index contributed by atoms with van der Waals surface area (Å²) in [6.45, 7) is 7.63. The number of unbranched alkanes of at least 4 members (excludes halogenated alkanes) is 2. The Morgan fingerprint density at radius 3 is 3.00 bits per heavy atom. The van der Waals surface area contributed by atoms with Crippen molar-refractivity contribution in [3.8, 4) is 0 Å². The van der Waals surface area contributed by atoms with Gasteiger partial charge in [-0.2, -0.15) is 0 Å². The van der Waals surface area contributed by atoms with Crippen LogP contribution in [0.2, 0.25) is 0 Å².